The molecule has 0 aliphatic heterocycles. The van der Waals surface area contributed by atoms with Crippen molar-refractivity contribution >= 4 is 21.8 Å². The predicted octanol–water partition coefficient (Wildman–Crippen LogP) is 3.62. The van der Waals surface area contributed by atoms with Gasteiger partial charge in [-0.1, -0.05) is 24.3 Å². The first-order valence-corrected chi connectivity index (χ1v) is 6.37. The number of fused-ring (bicyclic) bond motifs is 3. The van der Waals surface area contributed by atoms with Gasteiger partial charge in [0.05, 0.1) is 6.61 Å². The third kappa shape index (κ3) is 1.46. The lowest BCUT2D eigenvalue weighted by Crippen LogP contribution is -1.93. The van der Waals surface area contributed by atoms with E-state index in [9.17, 15) is 5.11 Å². The number of hydrogen-bond donors (Lipinski definition) is 1. The quantitative estimate of drug-likeness (QED) is 0.726. The molecule has 2 nitrogen and oxygen atoms in total. The highest BCUT2D eigenvalue weighted by molar-refractivity contribution is 6.09. The minimum Gasteiger partial charge on any atom is -0.392 e. The van der Waals surface area contributed by atoms with Crippen molar-refractivity contribution in [2.45, 2.75) is 27.0 Å². The van der Waals surface area contributed by atoms with Gasteiger partial charge < -0.3 is 9.67 Å². The van der Waals surface area contributed by atoms with Gasteiger partial charge in [-0.05, 0) is 37.1 Å². The summed E-state index contributed by atoms with van der Waals surface area (Å²) in [5.41, 5.74) is 4.77. The van der Waals surface area contributed by atoms with Gasteiger partial charge in [-0.15, -0.1) is 0 Å². The van der Waals surface area contributed by atoms with E-state index in [4.69, 9.17) is 0 Å². The van der Waals surface area contributed by atoms with Gasteiger partial charge in [-0.3, -0.25) is 0 Å². The Bertz CT molecular complexity index is 725. The first-order chi connectivity index (χ1) is 8.76. The summed E-state index contributed by atoms with van der Waals surface area (Å²) in [4.78, 5) is 0. The average Bonchev–Trinajstić information content (AvgIpc) is 2.72. The summed E-state index contributed by atoms with van der Waals surface area (Å²) in [6.07, 6.45) is 0. The molecule has 0 fully saturated rings. The van der Waals surface area contributed by atoms with Crippen LogP contribution in [0.25, 0.3) is 21.8 Å². The summed E-state index contributed by atoms with van der Waals surface area (Å²) in [7, 11) is 0. The van der Waals surface area contributed by atoms with Crippen molar-refractivity contribution in [1.82, 2.24) is 4.57 Å². The largest absolute Gasteiger partial charge is 0.392 e. The van der Waals surface area contributed by atoms with Crippen LogP contribution in [-0.2, 0) is 13.2 Å². The fraction of sp³-hybridized carbons (Fsp3) is 0.250. The fourth-order valence-corrected chi connectivity index (χ4v) is 2.81. The topological polar surface area (TPSA) is 25.2 Å². The van der Waals surface area contributed by atoms with Gasteiger partial charge in [0, 0.05) is 28.4 Å². The molecule has 18 heavy (non-hydrogen) atoms. The van der Waals surface area contributed by atoms with E-state index in [0.717, 1.165) is 12.1 Å². The van der Waals surface area contributed by atoms with Gasteiger partial charge >= 0.3 is 0 Å². The van der Waals surface area contributed by atoms with E-state index in [1.54, 1.807) is 0 Å². The second kappa shape index (κ2) is 4.14. The lowest BCUT2D eigenvalue weighted by Gasteiger charge is -2.03. The highest BCUT2D eigenvalue weighted by atomic mass is 16.3. The van der Waals surface area contributed by atoms with Gasteiger partial charge in [0.25, 0.3) is 0 Å². The molecule has 92 valence electrons. The Morgan fingerprint density at radius 3 is 2.67 bits per heavy atom. The van der Waals surface area contributed by atoms with Gasteiger partial charge in [0.1, 0.15) is 0 Å². The maximum atomic E-state index is 9.28. The van der Waals surface area contributed by atoms with Crippen LogP contribution in [0.15, 0.2) is 36.4 Å². The Labute approximate surface area is 106 Å². The van der Waals surface area contributed by atoms with Gasteiger partial charge in [0.2, 0.25) is 0 Å². The molecule has 0 aliphatic carbocycles. The van der Waals surface area contributed by atoms with Gasteiger partial charge in [-0.2, -0.15) is 0 Å². The van der Waals surface area contributed by atoms with Crippen LogP contribution in [0, 0.1) is 6.92 Å². The number of nitrogens with zero attached hydrogens (tertiary/aromatic N) is 1. The van der Waals surface area contributed by atoms with Crippen molar-refractivity contribution in [2.75, 3.05) is 0 Å². The number of aliphatic hydroxyl groups is 1. The lowest BCUT2D eigenvalue weighted by atomic mass is 10.1. The maximum Gasteiger partial charge on any atom is 0.0682 e. The number of aromatic nitrogens is 1. The van der Waals surface area contributed by atoms with Crippen molar-refractivity contribution in [3.05, 3.63) is 47.5 Å². The Morgan fingerprint density at radius 2 is 1.94 bits per heavy atom. The number of aliphatic hydroxyl groups excluding tert-OH is 1. The van der Waals surface area contributed by atoms with E-state index >= 15 is 0 Å². The second-order valence-electron chi connectivity index (χ2n) is 4.72. The minimum atomic E-state index is 0.0974. The van der Waals surface area contributed by atoms with E-state index in [1.165, 1.54) is 27.4 Å². The molecule has 0 unspecified atom stereocenters. The normalized spacial score (nSPS) is 11.5. The SMILES string of the molecule is CCn1c2cc(CO)ccc2c2c(C)cccc21. The molecule has 0 amide bonds. The van der Waals surface area contributed by atoms with Crippen LogP contribution in [0.1, 0.15) is 18.1 Å². The number of benzene rings is 2. The number of aryl methyl sites for hydroxylation is 2. The zero-order chi connectivity index (χ0) is 12.7. The average molecular weight is 239 g/mol. The molecule has 1 heterocycles. The maximum absolute atomic E-state index is 9.28. The van der Waals surface area contributed by atoms with Crippen LogP contribution in [-0.4, -0.2) is 9.67 Å². The molecule has 2 heteroatoms. The van der Waals surface area contributed by atoms with Crippen LogP contribution in [0.2, 0.25) is 0 Å². The molecule has 3 aromatic rings. The van der Waals surface area contributed by atoms with Crippen LogP contribution < -0.4 is 0 Å². The summed E-state index contributed by atoms with van der Waals surface area (Å²) in [5.74, 6) is 0. The van der Waals surface area contributed by atoms with Crippen molar-refractivity contribution in [3.63, 3.8) is 0 Å². The van der Waals surface area contributed by atoms with Crippen molar-refractivity contribution < 1.29 is 5.11 Å². The third-order valence-electron chi connectivity index (χ3n) is 3.66. The second-order valence-corrected chi connectivity index (χ2v) is 4.72. The summed E-state index contributed by atoms with van der Waals surface area (Å²) in [5, 5.41) is 11.9. The third-order valence-corrected chi connectivity index (χ3v) is 3.66. The molecule has 0 spiro atoms. The molecule has 1 aromatic heterocycles. The van der Waals surface area contributed by atoms with Crippen LogP contribution in [0.4, 0.5) is 0 Å². The zero-order valence-corrected chi connectivity index (χ0v) is 10.8. The predicted molar refractivity (Wildman–Crippen MR) is 75.8 cm³/mol. The molecular weight excluding hydrogens is 222 g/mol. The first-order valence-electron chi connectivity index (χ1n) is 6.37. The highest BCUT2D eigenvalue weighted by Gasteiger charge is 2.11. The molecular formula is C16H17NO. The Morgan fingerprint density at radius 1 is 1.11 bits per heavy atom. The summed E-state index contributed by atoms with van der Waals surface area (Å²) in [6.45, 7) is 5.35. The molecule has 0 aliphatic rings. The standard InChI is InChI=1S/C16H17NO/c1-3-17-14-6-4-5-11(2)16(14)13-8-7-12(10-18)9-15(13)17/h4-9,18H,3,10H2,1-2H3. The summed E-state index contributed by atoms with van der Waals surface area (Å²) < 4.78 is 2.32. The summed E-state index contributed by atoms with van der Waals surface area (Å²) >= 11 is 0. The smallest absolute Gasteiger partial charge is 0.0682 e. The highest BCUT2D eigenvalue weighted by Crippen LogP contribution is 2.31. The molecule has 0 saturated carbocycles. The van der Waals surface area contributed by atoms with Crippen LogP contribution >= 0.6 is 0 Å². The molecule has 2 aromatic carbocycles. The monoisotopic (exact) mass is 239 g/mol. The molecule has 0 saturated heterocycles. The molecule has 0 bridgehead atoms. The van der Waals surface area contributed by atoms with E-state index < -0.39 is 0 Å². The Balaban J connectivity index is 2.53. The van der Waals surface area contributed by atoms with E-state index in [-0.39, 0.29) is 6.61 Å². The molecule has 1 N–H and O–H groups in total. The number of rotatable bonds is 2. The fourth-order valence-electron chi connectivity index (χ4n) is 2.81. The first kappa shape index (κ1) is 11.3. The lowest BCUT2D eigenvalue weighted by molar-refractivity contribution is 0.282. The molecule has 0 atom stereocenters. The van der Waals surface area contributed by atoms with Gasteiger partial charge in [-0.25, -0.2) is 0 Å². The van der Waals surface area contributed by atoms with E-state index in [1.807, 2.05) is 6.07 Å². The minimum absolute atomic E-state index is 0.0974. The van der Waals surface area contributed by atoms with E-state index in [2.05, 4.69) is 48.7 Å². The Kier molecular flexibility index (Phi) is 2.60. The molecule has 0 radical (unpaired) electrons. The van der Waals surface area contributed by atoms with Crippen LogP contribution in [0.5, 0.6) is 0 Å². The van der Waals surface area contributed by atoms with E-state index in [0.29, 0.717) is 0 Å². The molecule has 3 rings (SSSR count). The van der Waals surface area contributed by atoms with Crippen molar-refractivity contribution in [2.24, 2.45) is 0 Å². The zero-order valence-electron chi connectivity index (χ0n) is 10.8. The number of hydrogen-bond acceptors (Lipinski definition) is 1. The van der Waals surface area contributed by atoms with Crippen molar-refractivity contribution in [1.29, 1.82) is 0 Å². The summed E-state index contributed by atoms with van der Waals surface area (Å²) in [6, 6.07) is 12.7. The van der Waals surface area contributed by atoms with Gasteiger partial charge in [0.15, 0.2) is 0 Å². The van der Waals surface area contributed by atoms with Crippen molar-refractivity contribution in [3.8, 4) is 0 Å². The van der Waals surface area contributed by atoms with Crippen LogP contribution in [0.3, 0.4) is 0 Å². The Hall–Kier alpha value is -1.80.